The molecule has 0 spiro atoms. The van der Waals surface area contributed by atoms with Crippen LogP contribution in [0.15, 0.2) is 47.7 Å². The van der Waals surface area contributed by atoms with Crippen molar-refractivity contribution >= 4 is 29.9 Å². The predicted octanol–water partition coefficient (Wildman–Crippen LogP) is 2.40. The second-order valence-corrected chi connectivity index (χ2v) is 4.57. The smallest absolute Gasteiger partial charge is 0.191 e. The van der Waals surface area contributed by atoms with Gasteiger partial charge in [0.2, 0.25) is 0 Å². The van der Waals surface area contributed by atoms with E-state index in [0.29, 0.717) is 18.1 Å². The Morgan fingerprint density at radius 2 is 2.09 bits per heavy atom. The van der Waals surface area contributed by atoms with Gasteiger partial charge in [-0.15, -0.1) is 24.0 Å². The summed E-state index contributed by atoms with van der Waals surface area (Å²) in [6.45, 7) is 2.03. The van der Waals surface area contributed by atoms with Gasteiger partial charge in [0.15, 0.2) is 5.96 Å². The van der Waals surface area contributed by atoms with E-state index in [0.717, 1.165) is 19.5 Å². The molecule has 0 unspecified atom stereocenters. The predicted molar refractivity (Wildman–Crippen MR) is 96.9 cm³/mol. The minimum absolute atomic E-state index is 0. The van der Waals surface area contributed by atoms with Crippen LogP contribution in [0, 0.1) is 5.82 Å². The van der Waals surface area contributed by atoms with Gasteiger partial charge in [-0.25, -0.2) is 4.39 Å². The lowest BCUT2D eigenvalue weighted by atomic mass is 10.2. The Kier molecular flexibility index (Phi) is 8.49. The first kappa shape index (κ1) is 18.4. The van der Waals surface area contributed by atoms with Crippen molar-refractivity contribution in [1.29, 1.82) is 0 Å². The Bertz CT molecular complexity index is 571. The van der Waals surface area contributed by atoms with E-state index in [-0.39, 0.29) is 29.8 Å². The maximum absolute atomic E-state index is 13.5. The highest BCUT2D eigenvalue weighted by Crippen LogP contribution is 2.05. The fourth-order valence-electron chi connectivity index (χ4n) is 1.92. The fourth-order valence-corrected chi connectivity index (χ4v) is 1.92. The van der Waals surface area contributed by atoms with E-state index in [1.54, 1.807) is 25.4 Å². The molecule has 0 amide bonds. The molecule has 2 aromatic rings. The second kappa shape index (κ2) is 10.1. The highest BCUT2D eigenvalue weighted by Gasteiger charge is 2.02. The summed E-state index contributed by atoms with van der Waals surface area (Å²) in [4.78, 5) is 4.12. The van der Waals surface area contributed by atoms with Gasteiger partial charge in [0, 0.05) is 44.6 Å². The number of hydrogen-bond donors (Lipinski definition) is 2. The molecular weight excluding hydrogens is 396 g/mol. The molecular formula is C15H21FIN5. The van der Waals surface area contributed by atoms with Gasteiger partial charge in [0.1, 0.15) is 5.82 Å². The molecule has 0 saturated heterocycles. The van der Waals surface area contributed by atoms with Gasteiger partial charge in [-0.05, 0) is 18.6 Å². The van der Waals surface area contributed by atoms with Crippen molar-refractivity contribution in [2.75, 3.05) is 13.6 Å². The lowest BCUT2D eigenvalue weighted by molar-refractivity contribution is 0.569. The summed E-state index contributed by atoms with van der Waals surface area (Å²) < 4.78 is 15.4. The molecule has 2 N–H and O–H groups in total. The second-order valence-electron chi connectivity index (χ2n) is 4.57. The van der Waals surface area contributed by atoms with E-state index in [1.165, 1.54) is 6.07 Å². The van der Waals surface area contributed by atoms with Crippen LogP contribution in [-0.2, 0) is 13.1 Å². The molecule has 5 nitrogen and oxygen atoms in total. The molecule has 7 heteroatoms. The SMILES string of the molecule is CN=C(NCCCn1cccn1)NCc1ccccc1F.I. The Hall–Kier alpha value is -1.64. The van der Waals surface area contributed by atoms with Gasteiger partial charge in [-0.3, -0.25) is 9.67 Å². The number of aliphatic imine (C=N–C) groups is 1. The van der Waals surface area contributed by atoms with Gasteiger partial charge in [-0.1, -0.05) is 18.2 Å². The molecule has 0 saturated carbocycles. The monoisotopic (exact) mass is 417 g/mol. The number of aryl methyl sites for hydroxylation is 1. The number of rotatable bonds is 6. The maximum Gasteiger partial charge on any atom is 0.191 e. The lowest BCUT2D eigenvalue weighted by Crippen LogP contribution is -2.37. The third-order valence-corrected chi connectivity index (χ3v) is 3.04. The van der Waals surface area contributed by atoms with Crippen LogP contribution in [-0.4, -0.2) is 29.3 Å². The Labute approximate surface area is 147 Å². The summed E-state index contributed by atoms with van der Waals surface area (Å²) >= 11 is 0. The molecule has 0 aliphatic heterocycles. The van der Waals surface area contributed by atoms with Gasteiger partial charge in [0.25, 0.3) is 0 Å². The van der Waals surface area contributed by atoms with Crippen molar-refractivity contribution in [1.82, 2.24) is 20.4 Å². The largest absolute Gasteiger partial charge is 0.356 e. The summed E-state index contributed by atoms with van der Waals surface area (Å²) in [7, 11) is 1.70. The number of nitrogens with one attached hydrogen (secondary N) is 2. The third kappa shape index (κ3) is 6.00. The van der Waals surface area contributed by atoms with Gasteiger partial charge < -0.3 is 10.6 Å². The van der Waals surface area contributed by atoms with Crippen LogP contribution in [0.2, 0.25) is 0 Å². The van der Waals surface area contributed by atoms with Crippen molar-refractivity contribution in [3.63, 3.8) is 0 Å². The fraction of sp³-hybridized carbons (Fsp3) is 0.333. The molecule has 0 radical (unpaired) electrons. The van der Waals surface area contributed by atoms with Crippen LogP contribution in [0.1, 0.15) is 12.0 Å². The van der Waals surface area contributed by atoms with Gasteiger partial charge in [0.05, 0.1) is 0 Å². The van der Waals surface area contributed by atoms with Gasteiger partial charge in [-0.2, -0.15) is 5.10 Å². The summed E-state index contributed by atoms with van der Waals surface area (Å²) in [5.41, 5.74) is 0.622. The zero-order valence-electron chi connectivity index (χ0n) is 12.5. The molecule has 1 aromatic heterocycles. The summed E-state index contributed by atoms with van der Waals surface area (Å²) in [5, 5.41) is 10.4. The van der Waals surface area contributed by atoms with Crippen LogP contribution >= 0.6 is 24.0 Å². The number of nitrogens with zero attached hydrogens (tertiary/aromatic N) is 3. The summed E-state index contributed by atoms with van der Waals surface area (Å²) in [5.74, 6) is 0.456. The molecule has 0 aliphatic rings. The maximum atomic E-state index is 13.5. The van der Waals surface area contributed by atoms with Crippen molar-refractivity contribution in [2.45, 2.75) is 19.5 Å². The summed E-state index contributed by atoms with van der Waals surface area (Å²) in [6.07, 6.45) is 4.63. The highest BCUT2D eigenvalue weighted by molar-refractivity contribution is 14.0. The van der Waals surface area contributed by atoms with Crippen LogP contribution in [0.25, 0.3) is 0 Å². The first-order chi connectivity index (χ1) is 10.3. The van der Waals surface area contributed by atoms with Crippen LogP contribution < -0.4 is 10.6 Å². The molecule has 0 bridgehead atoms. The topological polar surface area (TPSA) is 54.2 Å². The Balaban J connectivity index is 0.00000242. The average molecular weight is 417 g/mol. The quantitative estimate of drug-likeness (QED) is 0.329. The number of aromatic nitrogens is 2. The van der Waals surface area contributed by atoms with Crippen molar-refractivity contribution < 1.29 is 4.39 Å². The van der Waals surface area contributed by atoms with E-state index in [4.69, 9.17) is 0 Å². The molecule has 120 valence electrons. The normalized spacial score (nSPS) is 10.9. The minimum Gasteiger partial charge on any atom is -0.356 e. The molecule has 0 aliphatic carbocycles. The van der Waals surface area contributed by atoms with E-state index in [2.05, 4.69) is 20.7 Å². The highest BCUT2D eigenvalue weighted by atomic mass is 127. The number of guanidine groups is 1. The average Bonchev–Trinajstić information content (AvgIpc) is 3.01. The van der Waals surface area contributed by atoms with E-state index < -0.39 is 0 Å². The van der Waals surface area contributed by atoms with Crippen LogP contribution in [0.3, 0.4) is 0 Å². The third-order valence-electron chi connectivity index (χ3n) is 3.04. The number of halogens is 2. The van der Waals surface area contributed by atoms with Gasteiger partial charge >= 0.3 is 0 Å². The first-order valence-corrected chi connectivity index (χ1v) is 6.95. The van der Waals surface area contributed by atoms with E-state index in [1.807, 2.05) is 23.0 Å². The molecule has 0 fully saturated rings. The van der Waals surface area contributed by atoms with Crippen LogP contribution in [0.5, 0.6) is 0 Å². The van der Waals surface area contributed by atoms with E-state index in [9.17, 15) is 4.39 Å². The molecule has 2 rings (SSSR count). The Morgan fingerprint density at radius 1 is 1.27 bits per heavy atom. The minimum atomic E-state index is -0.209. The standard InChI is InChI=1S/C15H20FN5.HI/c1-17-15(18-8-4-10-21-11-5-9-20-21)19-12-13-6-2-3-7-14(13)16;/h2-3,5-7,9,11H,4,8,10,12H2,1H3,(H2,17,18,19);1H. The molecule has 1 heterocycles. The first-order valence-electron chi connectivity index (χ1n) is 6.95. The number of hydrogen-bond acceptors (Lipinski definition) is 2. The zero-order chi connectivity index (χ0) is 14.9. The van der Waals surface area contributed by atoms with E-state index >= 15 is 0 Å². The van der Waals surface area contributed by atoms with Crippen LogP contribution in [0.4, 0.5) is 4.39 Å². The summed E-state index contributed by atoms with van der Waals surface area (Å²) in [6, 6.07) is 8.62. The van der Waals surface area contributed by atoms with Crippen molar-refractivity contribution in [2.24, 2.45) is 4.99 Å². The Morgan fingerprint density at radius 3 is 2.77 bits per heavy atom. The molecule has 1 aromatic carbocycles. The molecule has 22 heavy (non-hydrogen) atoms. The zero-order valence-corrected chi connectivity index (χ0v) is 14.8. The van der Waals surface area contributed by atoms with Crippen molar-refractivity contribution in [3.8, 4) is 0 Å². The lowest BCUT2D eigenvalue weighted by Gasteiger charge is -2.12. The van der Waals surface area contributed by atoms with Crippen molar-refractivity contribution in [3.05, 3.63) is 54.1 Å². The number of benzene rings is 1. The molecule has 0 atom stereocenters.